The van der Waals surface area contributed by atoms with Crippen LogP contribution in [0.1, 0.15) is 5.82 Å². The minimum absolute atomic E-state index is 0.212. The van der Waals surface area contributed by atoms with Crippen molar-refractivity contribution in [1.29, 1.82) is 0 Å². The van der Waals surface area contributed by atoms with Gasteiger partial charge in [0.05, 0.1) is 11.7 Å². The maximum atomic E-state index is 13.0. The van der Waals surface area contributed by atoms with E-state index in [9.17, 15) is 19.5 Å². The van der Waals surface area contributed by atoms with Gasteiger partial charge in [0.1, 0.15) is 18.5 Å². The van der Waals surface area contributed by atoms with Crippen LogP contribution in [0.25, 0.3) is 10.8 Å². The van der Waals surface area contributed by atoms with Crippen LogP contribution in [0.15, 0.2) is 57.6 Å². The summed E-state index contributed by atoms with van der Waals surface area (Å²) in [5.41, 5.74) is 11.8. The Kier molecular flexibility index (Phi) is 6.12. The number of amides is 2. The first-order valence-electron chi connectivity index (χ1n) is 10.8. The number of carbonyl (C=O) groups excluding carboxylic acids is 3. The highest BCUT2D eigenvalue weighted by Gasteiger charge is 2.53. The molecule has 3 aromatic rings. The lowest BCUT2D eigenvalue weighted by Crippen LogP contribution is -2.71. The zero-order valence-electron chi connectivity index (χ0n) is 19.3. The second kappa shape index (κ2) is 9.42. The van der Waals surface area contributed by atoms with Gasteiger partial charge in [-0.15, -0.1) is 11.8 Å². The van der Waals surface area contributed by atoms with Crippen LogP contribution in [0.4, 0.5) is 11.7 Å². The van der Waals surface area contributed by atoms with Crippen molar-refractivity contribution in [1.82, 2.24) is 20.4 Å². The molecule has 14 nitrogen and oxygen atoms in total. The first kappa shape index (κ1) is 24.1. The Hall–Kier alpha value is -4.66. The highest BCUT2D eigenvalue weighted by Crippen LogP contribution is 2.40. The number of benzene rings is 1. The molecule has 2 atom stereocenters. The third kappa shape index (κ3) is 4.40. The molecule has 0 radical (unpaired) electrons. The van der Waals surface area contributed by atoms with E-state index in [1.54, 1.807) is 6.07 Å². The molecule has 2 amide bonds. The second-order valence-electron chi connectivity index (χ2n) is 8.18. The van der Waals surface area contributed by atoms with E-state index in [-0.39, 0.29) is 29.8 Å². The fourth-order valence-corrected chi connectivity index (χ4v) is 5.52. The molecule has 1 saturated heterocycles. The van der Waals surface area contributed by atoms with Crippen molar-refractivity contribution in [2.75, 3.05) is 24.3 Å². The van der Waals surface area contributed by atoms with Gasteiger partial charge in [-0.25, -0.2) is 4.57 Å². The van der Waals surface area contributed by atoms with Gasteiger partial charge in [-0.2, -0.15) is 4.98 Å². The lowest BCUT2D eigenvalue weighted by molar-refractivity contribution is -0.687. The third-order valence-corrected chi connectivity index (χ3v) is 7.15. The summed E-state index contributed by atoms with van der Waals surface area (Å²) in [5, 5.41) is 23.0. The Balaban J connectivity index is 1.36. The van der Waals surface area contributed by atoms with Gasteiger partial charge in [-0.05, 0) is 17.5 Å². The van der Waals surface area contributed by atoms with Gasteiger partial charge in [0.25, 0.3) is 11.8 Å². The molecule has 1 aromatic carbocycles. The van der Waals surface area contributed by atoms with Crippen LogP contribution in [0.3, 0.4) is 0 Å². The summed E-state index contributed by atoms with van der Waals surface area (Å²) in [4.78, 5) is 47.4. The van der Waals surface area contributed by atoms with Gasteiger partial charge < -0.3 is 36.0 Å². The molecule has 1 fully saturated rings. The maximum Gasteiger partial charge on any atom is 0.319 e. The molecule has 2 aliphatic heterocycles. The van der Waals surface area contributed by atoms with E-state index < -0.39 is 29.2 Å². The summed E-state index contributed by atoms with van der Waals surface area (Å²) in [5.74, 6) is -2.84. The predicted molar refractivity (Wildman–Crippen MR) is 128 cm³/mol. The Morgan fingerprint density at radius 2 is 2.16 bits per heavy atom. The predicted octanol–water partition coefficient (Wildman–Crippen LogP) is -1.87. The highest BCUT2D eigenvalue weighted by atomic mass is 32.2. The van der Waals surface area contributed by atoms with Crippen LogP contribution in [-0.4, -0.2) is 62.8 Å². The topological polar surface area (TPSA) is 206 Å². The summed E-state index contributed by atoms with van der Waals surface area (Å²) >= 11 is 1.31. The molecular weight excluding hydrogens is 504 g/mol. The molecule has 190 valence electrons. The number of oxime groups is 1. The number of nitrogens with zero attached hydrogens (tertiary/aromatic N) is 5. The first-order chi connectivity index (χ1) is 17.8. The minimum atomic E-state index is -1.48. The summed E-state index contributed by atoms with van der Waals surface area (Å²) in [7, 11) is 1.21. The number of pyridine rings is 1. The molecule has 0 spiro atoms. The van der Waals surface area contributed by atoms with Crippen LogP contribution < -0.4 is 26.5 Å². The van der Waals surface area contributed by atoms with E-state index in [4.69, 9.17) is 11.5 Å². The molecule has 15 heteroatoms. The maximum absolute atomic E-state index is 13.0. The number of anilines is 2. The van der Waals surface area contributed by atoms with E-state index in [1.807, 2.05) is 35.2 Å². The number of carbonyl (C=O) groups is 3. The van der Waals surface area contributed by atoms with Gasteiger partial charge in [0.2, 0.25) is 11.5 Å². The highest BCUT2D eigenvalue weighted by molar-refractivity contribution is 8.00. The number of nitrogens with one attached hydrogen (secondary N) is 1. The molecule has 1 unspecified atom stereocenters. The van der Waals surface area contributed by atoms with Crippen LogP contribution >= 0.6 is 11.8 Å². The van der Waals surface area contributed by atoms with E-state index in [0.717, 1.165) is 15.7 Å². The standard InChI is InChI=1S/C22H20N8O6S/c1-35-27-14(17-26-22(24)36-28-17)18(31)25-15-19(32)30-16(21(33)34)12(9-37-20(15)30)8-29-5-4-10-2-3-13(23)6-11(10)7-29/h2-7,15,20H,8-9,23H2,1H3,(H3-,24,25,26,28,31,33,34)/t15?,20-/m0/s1. The zero-order chi connectivity index (χ0) is 26.3. The molecule has 4 heterocycles. The van der Waals surface area contributed by atoms with Crippen LogP contribution in [-0.2, 0) is 25.8 Å². The Morgan fingerprint density at radius 3 is 2.86 bits per heavy atom. The van der Waals surface area contributed by atoms with Crippen molar-refractivity contribution >= 4 is 57.7 Å². The number of carboxylic acids is 1. The van der Waals surface area contributed by atoms with E-state index in [1.165, 1.54) is 18.9 Å². The van der Waals surface area contributed by atoms with E-state index in [2.05, 4.69) is 30.0 Å². The van der Waals surface area contributed by atoms with Crippen molar-refractivity contribution in [3.8, 4) is 0 Å². The molecule has 2 aliphatic rings. The first-order valence-corrected chi connectivity index (χ1v) is 11.9. The number of hydrogen-bond donors (Lipinski definition) is 3. The number of nitrogens with two attached hydrogens (primary N) is 2. The minimum Gasteiger partial charge on any atom is -0.543 e. The van der Waals surface area contributed by atoms with Gasteiger partial charge in [-0.3, -0.25) is 14.5 Å². The van der Waals surface area contributed by atoms with Crippen molar-refractivity contribution in [3.63, 3.8) is 0 Å². The van der Waals surface area contributed by atoms with Gasteiger partial charge >= 0.3 is 6.01 Å². The van der Waals surface area contributed by atoms with Gasteiger partial charge in [0.15, 0.2) is 18.9 Å². The van der Waals surface area contributed by atoms with Gasteiger partial charge in [0, 0.05) is 28.5 Å². The van der Waals surface area contributed by atoms with Gasteiger partial charge in [-0.1, -0.05) is 16.4 Å². The molecule has 5 rings (SSSR count). The largest absolute Gasteiger partial charge is 0.543 e. The van der Waals surface area contributed by atoms with Crippen molar-refractivity contribution in [2.24, 2.45) is 5.16 Å². The fourth-order valence-electron chi connectivity index (χ4n) is 4.18. The number of fused-ring (bicyclic) bond motifs is 2. The number of hydrogen-bond acceptors (Lipinski definition) is 12. The monoisotopic (exact) mass is 524 g/mol. The van der Waals surface area contributed by atoms with Crippen molar-refractivity contribution in [2.45, 2.75) is 18.0 Å². The summed E-state index contributed by atoms with van der Waals surface area (Å²) in [6.07, 6.45) is 3.67. The number of rotatable bonds is 7. The molecule has 0 aliphatic carbocycles. The molecule has 5 N–H and O–H groups in total. The molecule has 2 aromatic heterocycles. The van der Waals surface area contributed by atoms with Crippen LogP contribution in [0.2, 0.25) is 0 Å². The van der Waals surface area contributed by atoms with E-state index in [0.29, 0.717) is 17.0 Å². The Labute approximate surface area is 212 Å². The number of thioether (sulfide) groups is 1. The summed E-state index contributed by atoms with van der Waals surface area (Å²) < 4.78 is 6.47. The lowest BCUT2D eigenvalue weighted by Gasteiger charge is -2.50. The third-order valence-electron chi connectivity index (χ3n) is 5.81. The van der Waals surface area contributed by atoms with Crippen molar-refractivity contribution in [3.05, 3.63) is 53.8 Å². The average molecular weight is 525 g/mol. The van der Waals surface area contributed by atoms with E-state index >= 15 is 0 Å². The van der Waals surface area contributed by atoms with Crippen LogP contribution in [0.5, 0.6) is 0 Å². The quantitative estimate of drug-likeness (QED) is 0.103. The smallest absolute Gasteiger partial charge is 0.319 e. The fraction of sp³-hybridized carbons (Fsp3) is 0.227. The molecule has 0 bridgehead atoms. The molecular formula is C22H20N8O6S. The number of carboxylic acid groups (broad SMARTS) is 1. The average Bonchev–Trinajstić information content (AvgIpc) is 3.30. The Morgan fingerprint density at radius 1 is 1.35 bits per heavy atom. The Bertz CT molecular complexity index is 1500. The van der Waals surface area contributed by atoms with Crippen molar-refractivity contribution < 1.29 is 33.4 Å². The SMILES string of the molecule is CON=C(C(=O)NC1C(=O)N2C(C(=O)[O-])=C(C[n+]3ccc4ccc(N)cc4c3)CS[C@@H]12)c1noc(N)n1. The molecule has 0 saturated carbocycles. The van der Waals surface area contributed by atoms with Crippen LogP contribution in [0, 0.1) is 0 Å². The summed E-state index contributed by atoms with van der Waals surface area (Å²) in [6, 6.07) is 6.10. The number of aromatic nitrogens is 3. The molecule has 37 heavy (non-hydrogen) atoms. The zero-order valence-corrected chi connectivity index (χ0v) is 20.1. The number of nitrogen functional groups attached to an aromatic ring is 2. The number of aliphatic carboxylic acids is 1. The second-order valence-corrected chi connectivity index (χ2v) is 9.29. The summed E-state index contributed by atoms with van der Waals surface area (Å²) in [6.45, 7) is 0.221. The normalized spacial score (nSPS) is 19.4. The number of β-lactam (4-membered cyclic amide) rings is 1. The lowest BCUT2D eigenvalue weighted by atomic mass is 10.0.